The number of aliphatic imine (C=N–C) groups is 1. The van der Waals surface area contributed by atoms with Gasteiger partial charge in [-0.25, -0.2) is 4.98 Å². The van der Waals surface area contributed by atoms with Gasteiger partial charge in [-0.15, -0.1) is 35.3 Å². The smallest absolute Gasteiger partial charge is 0.191 e. The van der Waals surface area contributed by atoms with Crippen LogP contribution in [-0.4, -0.2) is 37.2 Å². The van der Waals surface area contributed by atoms with Gasteiger partial charge < -0.3 is 15.4 Å². The molecule has 0 unspecified atom stereocenters. The summed E-state index contributed by atoms with van der Waals surface area (Å²) in [5.74, 6) is 0.845. The van der Waals surface area contributed by atoms with Gasteiger partial charge in [-0.3, -0.25) is 4.99 Å². The summed E-state index contributed by atoms with van der Waals surface area (Å²) in [7, 11) is 1.80. The lowest BCUT2D eigenvalue weighted by molar-refractivity contribution is 0.0822. The van der Waals surface area contributed by atoms with E-state index in [4.69, 9.17) is 4.74 Å². The van der Waals surface area contributed by atoms with E-state index in [2.05, 4.69) is 27.5 Å². The van der Waals surface area contributed by atoms with E-state index in [1.54, 1.807) is 18.4 Å². The number of thiazole rings is 1. The van der Waals surface area contributed by atoms with E-state index in [9.17, 15) is 0 Å². The molecule has 1 aliphatic rings. The fraction of sp³-hybridized carbons (Fsp3) is 0.692. The van der Waals surface area contributed by atoms with Crippen molar-refractivity contribution in [3.8, 4) is 0 Å². The Morgan fingerprint density at radius 2 is 2.10 bits per heavy atom. The predicted molar refractivity (Wildman–Crippen MR) is 94.2 cm³/mol. The SMILES string of the molecule is CN=C(NCc1nc(C)c(C)s1)NC1CCOCC1.I. The Bertz CT molecular complexity index is 424. The van der Waals surface area contributed by atoms with Crippen LogP contribution < -0.4 is 10.6 Å². The van der Waals surface area contributed by atoms with Crippen molar-refractivity contribution >= 4 is 41.3 Å². The number of aryl methyl sites for hydroxylation is 2. The van der Waals surface area contributed by atoms with Gasteiger partial charge in [0.25, 0.3) is 0 Å². The Balaban J connectivity index is 0.00000200. The second-order valence-electron chi connectivity index (χ2n) is 4.71. The summed E-state index contributed by atoms with van der Waals surface area (Å²) in [5, 5.41) is 7.85. The van der Waals surface area contributed by atoms with Gasteiger partial charge >= 0.3 is 0 Å². The Kier molecular flexibility index (Phi) is 7.75. The molecule has 5 nitrogen and oxygen atoms in total. The number of nitrogens with one attached hydrogen (secondary N) is 2. The summed E-state index contributed by atoms with van der Waals surface area (Å²) >= 11 is 1.74. The third kappa shape index (κ3) is 5.17. The maximum absolute atomic E-state index is 5.35. The minimum Gasteiger partial charge on any atom is -0.381 e. The number of ether oxygens (including phenoxy) is 1. The van der Waals surface area contributed by atoms with Gasteiger partial charge in [-0.05, 0) is 26.7 Å². The topological polar surface area (TPSA) is 58.5 Å². The van der Waals surface area contributed by atoms with Gasteiger partial charge in [0.15, 0.2) is 5.96 Å². The second kappa shape index (κ2) is 8.78. The van der Waals surface area contributed by atoms with Crippen LogP contribution >= 0.6 is 35.3 Å². The van der Waals surface area contributed by atoms with Crippen LogP contribution in [0, 0.1) is 13.8 Å². The fourth-order valence-corrected chi connectivity index (χ4v) is 2.88. The van der Waals surface area contributed by atoms with Crippen molar-refractivity contribution in [2.24, 2.45) is 4.99 Å². The molecule has 1 fully saturated rings. The first-order valence-electron chi connectivity index (χ1n) is 6.67. The van der Waals surface area contributed by atoms with Crippen molar-refractivity contribution in [2.75, 3.05) is 20.3 Å². The molecule has 0 amide bonds. The molecule has 7 heteroatoms. The number of rotatable bonds is 3. The summed E-state index contributed by atoms with van der Waals surface area (Å²) in [4.78, 5) is 10.1. The minimum absolute atomic E-state index is 0. The maximum atomic E-state index is 5.35. The van der Waals surface area contributed by atoms with Crippen LogP contribution in [0.2, 0.25) is 0 Å². The van der Waals surface area contributed by atoms with Crippen LogP contribution in [0.4, 0.5) is 0 Å². The van der Waals surface area contributed by atoms with Crippen LogP contribution in [0.1, 0.15) is 28.4 Å². The molecule has 2 heterocycles. The molecule has 1 aliphatic heterocycles. The molecule has 2 N–H and O–H groups in total. The van der Waals surface area contributed by atoms with Crippen LogP contribution in [-0.2, 0) is 11.3 Å². The molecule has 1 aromatic heterocycles. The van der Waals surface area contributed by atoms with Crippen molar-refractivity contribution < 1.29 is 4.74 Å². The average molecular weight is 410 g/mol. The standard InChI is InChI=1S/C13H22N4OS.HI/c1-9-10(2)19-12(16-9)8-15-13(14-3)17-11-4-6-18-7-5-11;/h11H,4-8H2,1-3H3,(H2,14,15,17);1H. The average Bonchev–Trinajstić information content (AvgIpc) is 2.75. The van der Waals surface area contributed by atoms with Crippen molar-refractivity contribution in [3.05, 3.63) is 15.6 Å². The van der Waals surface area contributed by atoms with Crippen molar-refractivity contribution in [1.82, 2.24) is 15.6 Å². The van der Waals surface area contributed by atoms with Gasteiger partial charge in [0.2, 0.25) is 0 Å². The molecule has 0 saturated carbocycles. The van der Waals surface area contributed by atoms with Gasteiger partial charge in [0.1, 0.15) is 5.01 Å². The zero-order valence-corrected chi connectivity index (χ0v) is 15.4. The third-order valence-corrected chi connectivity index (χ3v) is 4.34. The number of nitrogens with zero attached hydrogens (tertiary/aromatic N) is 2. The number of hydrogen-bond acceptors (Lipinski definition) is 4. The highest BCUT2D eigenvalue weighted by Gasteiger charge is 2.15. The maximum Gasteiger partial charge on any atom is 0.191 e. The minimum atomic E-state index is 0. The molecule has 1 aromatic rings. The lowest BCUT2D eigenvalue weighted by Gasteiger charge is -2.24. The molecule has 0 radical (unpaired) electrons. The van der Waals surface area contributed by atoms with E-state index in [0.29, 0.717) is 6.04 Å². The van der Waals surface area contributed by atoms with E-state index in [0.717, 1.165) is 49.3 Å². The molecule has 2 rings (SSSR count). The zero-order valence-electron chi connectivity index (χ0n) is 12.2. The summed E-state index contributed by atoms with van der Waals surface area (Å²) in [6, 6.07) is 0.458. The van der Waals surface area contributed by atoms with Crippen molar-refractivity contribution in [2.45, 2.75) is 39.3 Å². The third-order valence-electron chi connectivity index (χ3n) is 3.27. The zero-order chi connectivity index (χ0) is 13.7. The first kappa shape index (κ1) is 17.6. The number of guanidine groups is 1. The molecule has 0 spiro atoms. The van der Waals surface area contributed by atoms with Crippen LogP contribution in [0.15, 0.2) is 4.99 Å². The summed E-state index contributed by atoms with van der Waals surface area (Å²) in [5.41, 5.74) is 1.12. The largest absolute Gasteiger partial charge is 0.381 e. The molecule has 0 bridgehead atoms. The predicted octanol–water partition coefficient (Wildman–Crippen LogP) is 2.22. The van der Waals surface area contributed by atoms with Crippen molar-refractivity contribution in [3.63, 3.8) is 0 Å². The molecule has 20 heavy (non-hydrogen) atoms. The van der Waals surface area contributed by atoms with Crippen LogP contribution in [0.25, 0.3) is 0 Å². The first-order chi connectivity index (χ1) is 9.19. The second-order valence-corrected chi connectivity index (χ2v) is 5.99. The van der Waals surface area contributed by atoms with Gasteiger partial charge in [0.05, 0.1) is 12.2 Å². The monoisotopic (exact) mass is 410 g/mol. The summed E-state index contributed by atoms with van der Waals surface area (Å²) in [6.07, 6.45) is 2.08. The number of halogens is 1. The molecule has 0 aromatic carbocycles. The molecule has 1 saturated heterocycles. The van der Waals surface area contributed by atoms with Crippen molar-refractivity contribution in [1.29, 1.82) is 0 Å². The van der Waals surface area contributed by atoms with E-state index in [1.807, 2.05) is 6.92 Å². The number of aromatic nitrogens is 1. The van der Waals surface area contributed by atoms with Crippen LogP contribution in [0.5, 0.6) is 0 Å². The highest BCUT2D eigenvalue weighted by atomic mass is 127. The Morgan fingerprint density at radius 1 is 1.40 bits per heavy atom. The normalized spacial score (nSPS) is 16.6. The van der Waals surface area contributed by atoms with E-state index >= 15 is 0 Å². The van der Waals surface area contributed by atoms with Crippen LogP contribution in [0.3, 0.4) is 0 Å². The number of hydrogen-bond donors (Lipinski definition) is 2. The quantitative estimate of drug-likeness (QED) is 0.456. The molecular weight excluding hydrogens is 387 g/mol. The Morgan fingerprint density at radius 3 is 2.65 bits per heavy atom. The highest BCUT2D eigenvalue weighted by molar-refractivity contribution is 14.0. The summed E-state index contributed by atoms with van der Waals surface area (Å²) in [6.45, 7) is 6.54. The summed E-state index contributed by atoms with van der Waals surface area (Å²) < 4.78 is 5.35. The Hall–Kier alpha value is -0.410. The van der Waals surface area contributed by atoms with Gasteiger partial charge in [-0.1, -0.05) is 0 Å². The van der Waals surface area contributed by atoms with E-state index in [1.165, 1.54) is 4.88 Å². The molecule has 0 atom stereocenters. The highest BCUT2D eigenvalue weighted by Crippen LogP contribution is 2.15. The Labute approximate surface area is 141 Å². The van der Waals surface area contributed by atoms with Gasteiger partial charge in [0, 0.05) is 31.2 Å². The fourth-order valence-electron chi connectivity index (χ4n) is 2.00. The molecule has 0 aliphatic carbocycles. The van der Waals surface area contributed by atoms with Gasteiger partial charge in [-0.2, -0.15) is 0 Å². The lowest BCUT2D eigenvalue weighted by atomic mass is 10.1. The van der Waals surface area contributed by atoms with E-state index in [-0.39, 0.29) is 24.0 Å². The first-order valence-corrected chi connectivity index (χ1v) is 7.48. The lowest BCUT2D eigenvalue weighted by Crippen LogP contribution is -2.45. The molecule has 114 valence electrons. The van der Waals surface area contributed by atoms with E-state index < -0.39 is 0 Å². The molecular formula is C13H23IN4OS.